The normalized spacial score (nSPS) is 13.1. The predicted molar refractivity (Wildman–Crippen MR) is 143 cm³/mol. The van der Waals surface area contributed by atoms with Crippen LogP contribution in [-0.4, -0.2) is 26.8 Å². The number of nitrogens with zero attached hydrogens (tertiary/aromatic N) is 4. The van der Waals surface area contributed by atoms with Crippen molar-refractivity contribution in [3.8, 4) is 11.3 Å². The molecular weight excluding hydrogens is 486 g/mol. The van der Waals surface area contributed by atoms with Crippen LogP contribution in [0.2, 0.25) is 0 Å². The third-order valence-electron chi connectivity index (χ3n) is 6.49. The van der Waals surface area contributed by atoms with E-state index >= 15 is 0 Å². The molecule has 3 aromatic heterocycles. The summed E-state index contributed by atoms with van der Waals surface area (Å²) in [5.41, 5.74) is 5.25. The summed E-state index contributed by atoms with van der Waals surface area (Å²) in [6, 6.07) is 14.1. The molecule has 1 aliphatic rings. The molecule has 9 heteroatoms. The summed E-state index contributed by atoms with van der Waals surface area (Å²) in [7, 11) is 0. The molecule has 0 radical (unpaired) electrons. The summed E-state index contributed by atoms with van der Waals surface area (Å²) in [4.78, 5) is 40.5. The summed E-state index contributed by atoms with van der Waals surface area (Å²) in [6.45, 7) is 3.90. The highest BCUT2D eigenvalue weighted by Crippen LogP contribution is 2.35. The number of aryl methyl sites for hydroxylation is 3. The molecule has 8 nitrogen and oxygen atoms in total. The Balaban J connectivity index is 1.25. The third kappa shape index (κ3) is 4.38. The van der Waals surface area contributed by atoms with Gasteiger partial charge in [0.1, 0.15) is 0 Å². The number of carbonyl (C=O) groups excluding carboxylic acids is 2. The number of fused-ring (bicyclic) bond motifs is 2. The topological polar surface area (TPSA) is 101 Å². The lowest BCUT2D eigenvalue weighted by Crippen LogP contribution is -2.34. The van der Waals surface area contributed by atoms with Gasteiger partial charge in [-0.2, -0.15) is 0 Å². The average Bonchev–Trinajstić information content (AvgIpc) is 3.51. The van der Waals surface area contributed by atoms with Crippen molar-refractivity contribution < 1.29 is 14.0 Å². The van der Waals surface area contributed by atoms with Gasteiger partial charge in [-0.1, -0.05) is 30.3 Å². The Hall–Kier alpha value is -4.37. The number of carbonyl (C=O) groups is 2. The molecule has 2 amide bonds. The number of rotatable bonds is 5. The van der Waals surface area contributed by atoms with Gasteiger partial charge >= 0.3 is 0 Å². The minimum atomic E-state index is -0.374. The first-order valence-corrected chi connectivity index (χ1v) is 12.8. The molecule has 37 heavy (non-hydrogen) atoms. The zero-order valence-corrected chi connectivity index (χ0v) is 21.1. The number of thiazole rings is 1. The van der Waals surface area contributed by atoms with Gasteiger partial charge in [0, 0.05) is 47.8 Å². The van der Waals surface area contributed by atoms with Gasteiger partial charge in [0.05, 0.1) is 17.9 Å². The Labute approximate surface area is 217 Å². The first-order chi connectivity index (χ1) is 18.0. The summed E-state index contributed by atoms with van der Waals surface area (Å²) < 4.78 is 5.40. The maximum absolute atomic E-state index is 12.9. The minimum Gasteiger partial charge on any atom is -0.436 e. The highest BCUT2D eigenvalue weighted by Gasteiger charge is 2.26. The van der Waals surface area contributed by atoms with E-state index in [4.69, 9.17) is 4.42 Å². The van der Waals surface area contributed by atoms with Crippen LogP contribution in [0.4, 0.5) is 10.8 Å². The number of aromatic nitrogens is 3. The quantitative estimate of drug-likeness (QED) is 0.326. The Bertz CT molecular complexity index is 1670. The molecule has 0 saturated heterocycles. The van der Waals surface area contributed by atoms with Crippen molar-refractivity contribution in [3.63, 3.8) is 0 Å². The molecular formula is C28H23N5O3S. The number of anilines is 2. The Morgan fingerprint density at radius 3 is 2.81 bits per heavy atom. The van der Waals surface area contributed by atoms with Gasteiger partial charge in [0.25, 0.3) is 5.91 Å². The molecule has 0 fully saturated rings. The SMILES string of the molecule is Cc1nc(C)c(C(=O)Nc2nc(-c3ccc4c(c3)CCC(=O)N4Cc3cncc4ccccc34)cs2)o1. The van der Waals surface area contributed by atoms with E-state index in [-0.39, 0.29) is 17.6 Å². The second-order valence-corrected chi connectivity index (χ2v) is 9.84. The van der Waals surface area contributed by atoms with E-state index < -0.39 is 0 Å². The van der Waals surface area contributed by atoms with Crippen LogP contribution in [-0.2, 0) is 17.8 Å². The van der Waals surface area contributed by atoms with Crippen LogP contribution in [0.15, 0.2) is 64.7 Å². The Morgan fingerprint density at radius 2 is 1.97 bits per heavy atom. The van der Waals surface area contributed by atoms with Gasteiger partial charge in [-0.15, -0.1) is 11.3 Å². The zero-order chi connectivity index (χ0) is 25.5. The molecule has 0 saturated carbocycles. The van der Waals surface area contributed by atoms with E-state index in [0.717, 1.165) is 38.8 Å². The maximum atomic E-state index is 12.9. The highest BCUT2D eigenvalue weighted by atomic mass is 32.1. The second kappa shape index (κ2) is 9.25. The number of benzene rings is 2. The van der Waals surface area contributed by atoms with Crippen LogP contribution in [0.3, 0.4) is 0 Å². The van der Waals surface area contributed by atoms with E-state index in [1.807, 2.05) is 53.0 Å². The van der Waals surface area contributed by atoms with E-state index in [1.165, 1.54) is 11.3 Å². The van der Waals surface area contributed by atoms with Crippen LogP contribution in [0.1, 0.15) is 39.7 Å². The van der Waals surface area contributed by atoms with Gasteiger partial charge in [-0.05, 0) is 42.0 Å². The molecule has 1 N–H and O–H groups in total. The zero-order valence-electron chi connectivity index (χ0n) is 20.3. The number of oxazole rings is 1. The molecule has 0 atom stereocenters. The first-order valence-electron chi connectivity index (χ1n) is 11.9. The van der Waals surface area contributed by atoms with Crippen LogP contribution < -0.4 is 10.2 Å². The molecule has 5 aromatic rings. The van der Waals surface area contributed by atoms with Crippen LogP contribution in [0, 0.1) is 13.8 Å². The average molecular weight is 510 g/mol. The lowest BCUT2D eigenvalue weighted by atomic mass is 9.97. The van der Waals surface area contributed by atoms with Gasteiger partial charge in [-0.3, -0.25) is 19.9 Å². The van der Waals surface area contributed by atoms with E-state index in [2.05, 4.69) is 32.4 Å². The molecule has 0 aliphatic carbocycles. The third-order valence-corrected chi connectivity index (χ3v) is 7.25. The molecule has 2 aromatic carbocycles. The number of amides is 2. The van der Waals surface area contributed by atoms with Crippen molar-refractivity contribution in [2.24, 2.45) is 0 Å². The van der Waals surface area contributed by atoms with E-state index in [9.17, 15) is 9.59 Å². The predicted octanol–water partition coefficient (Wildman–Crippen LogP) is 5.69. The van der Waals surface area contributed by atoms with Gasteiger partial charge in [-0.25, -0.2) is 9.97 Å². The van der Waals surface area contributed by atoms with Crippen molar-refractivity contribution >= 4 is 44.7 Å². The number of nitrogens with one attached hydrogen (secondary N) is 1. The summed E-state index contributed by atoms with van der Waals surface area (Å²) in [5.74, 6) is 0.362. The fraction of sp³-hybridized carbons (Fsp3) is 0.179. The summed E-state index contributed by atoms with van der Waals surface area (Å²) in [5, 5.41) is 7.33. The van der Waals surface area contributed by atoms with Crippen molar-refractivity contribution in [3.05, 3.63) is 88.7 Å². The monoisotopic (exact) mass is 509 g/mol. The molecule has 0 spiro atoms. The largest absolute Gasteiger partial charge is 0.436 e. The summed E-state index contributed by atoms with van der Waals surface area (Å²) in [6.07, 6.45) is 4.80. The lowest BCUT2D eigenvalue weighted by molar-refractivity contribution is -0.119. The smallest absolute Gasteiger partial charge is 0.295 e. The highest BCUT2D eigenvalue weighted by molar-refractivity contribution is 7.14. The summed E-state index contributed by atoms with van der Waals surface area (Å²) >= 11 is 1.34. The minimum absolute atomic E-state index is 0.102. The molecule has 4 heterocycles. The Kier molecular flexibility index (Phi) is 5.77. The van der Waals surface area contributed by atoms with Crippen molar-refractivity contribution in [1.82, 2.24) is 15.0 Å². The fourth-order valence-corrected chi connectivity index (χ4v) is 5.44. The standard InChI is InChI=1S/C28H23N5O3S/c1-16-26(36-17(2)30-16)27(35)32-28-31-23(15-37-28)18-7-9-24-19(11-18)8-10-25(34)33(24)14-21-13-29-12-20-5-3-4-6-22(20)21/h3-7,9,11-13,15H,8,10,14H2,1-2H3,(H,31,32,35). The van der Waals surface area contributed by atoms with E-state index in [1.54, 1.807) is 13.8 Å². The molecule has 184 valence electrons. The van der Waals surface area contributed by atoms with Gasteiger partial charge < -0.3 is 9.32 Å². The fourth-order valence-electron chi connectivity index (χ4n) is 4.73. The molecule has 1 aliphatic heterocycles. The van der Waals surface area contributed by atoms with E-state index in [0.29, 0.717) is 36.1 Å². The van der Waals surface area contributed by atoms with Crippen molar-refractivity contribution in [1.29, 1.82) is 0 Å². The number of hydrogen-bond acceptors (Lipinski definition) is 7. The van der Waals surface area contributed by atoms with Crippen LogP contribution in [0.5, 0.6) is 0 Å². The van der Waals surface area contributed by atoms with Crippen LogP contribution >= 0.6 is 11.3 Å². The maximum Gasteiger partial charge on any atom is 0.295 e. The van der Waals surface area contributed by atoms with Crippen molar-refractivity contribution in [2.75, 3.05) is 10.2 Å². The molecule has 6 rings (SSSR count). The number of hydrogen-bond donors (Lipinski definition) is 1. The lowest BCUT2D eigenvalue weighted by Gasteiger charge is -2.30. The number of pyridine rings is 1. The molecule has 0 unspecified atom stereocenters. The first kappa shape index (κ1) is 23.1. The van der Waals surface area contributed by atoms with Gasteiger partial charge in [0.2, 0.25) is 11.7 Å². The molecule has 0 bridgehead atoms. The van der Waals surface area contributed by atoms with Crippen molar-refractivity contribution in [2.45, 2.75) is 33.2 Å². The Morgan fingerprint density at radius 1 is 1.11 bits per heavy atom. The second-order valence-electron chi connectivity index (χ2n) is 8.98. The van der Waals surface area contributed by atoms with Gasteiger partial charge in [0.15, 0.2) is 11.0 Å². The van der Waals surface area contributed by atoms with Crippen LogP contribution in [0.25, 0.3) is 22.0 Å².